The van der Waals surface area contributed by atoms with Crippen molar-refractivity contribution in [3.8, 4) is 0 Å². The highest BCUT2D eigenvalue weighted by Crippen LogP contribution is 2.24. The van der Waals surface area contributed by atoms with E-state index >= 15 is 0 Å². The Balaban J connectivity index is 2.80. The van der Waals surface area contributed by atoms with E-state index < -0.39 is 0 Å². The first kappa shape index (κ1) is 14.2. The molecule has 0 aliphatic heterocycles. The number of thiophene rings is 1. The van der Waals surface area contributed by atoms with Crippen LogP contribution in [0.2, 0.25) is 0 Å². The lowest BCUT2D eigenvalue weighted by Gasteiger charge is -2.08. The zero-order chi connectivity index (χ0) is 12.8. The summed E-state index contributed by atoms with van der Waals surface area (Å²) in [5.41, 5.74) is 1.28. The molecule has 0 bridgehead atoms. The molecule has 0 fully saturated rings. The maximum Gasteiger partial charge on any atom is 0.261 e. The topological polar surface area (TPSA) is 49.3 Å². The highest BCUT2D eigenvalue weighted by atomic mass is 32.1. The molecule has 17 heavy (non-hydrogen) atoms. The van der Waals surface area contributed by atoms with Gasteiger partial charge in [0.25, 0.3) is 5.91 Å². The number of carbonyl (C=O) groups is 1. The van der Waals surface area contributed by atoms with Crippen LogP contribution in [0.1, 0.15) is 47.3 Å². The quantitative estimate of drug-likeness (QED) is 0.820. The van der Waals surface area contributed by atoms with Crippen molar-refractivity contribution >= 4 is 17.2 Å². The molecule has 1 heterocycles. The van der Waals surface area contributed by atoms with Crippen LogP contribution in [0.25, 0.3) is 0 Å². The second kappa shape index (κ2) is 6.77. The van der Waals surface area contributed by atoms with Gasteiger partial charge in [0.15, 0.2) is 0 Å². The Morgan fingerprint density at radius 2 is 2.24 bits per heavy atom. The molecule has 0 aromatic carbocycles. The highest BCUT2D eigenvalue weighted by Gasteiger charge is 2.14. The molecule has 1 unspecified atom stereocenters. The fourth-order valence-corrected chi connectivity index (χ4v) is 2.92. The Hall–Kier alpha value is -0.870. The Labute approximate surface area is 107 Å². The van der Waals surface area contributed by atoms with Crippen LogP contribution in [0.5, 0.6) is 0 Å². The van der Waals surface area contributed by atoms with Crippen LogP contribution in [-0.2, 0) is 12.8 Å². The first-order valence-electron chi connectivity index (χ1n) is 6.15. The monoisotopic (exact) mass is 255 g/mol. The van der Waals surface area contributed by atoms with Gasteiger partial charge in [-0.3, -0.25) is 4.79 Å². The summed E-state index contributed by atoms with van der Waals surface area (Å²) >= 11 is 1.58. The summed E-state index contributed by atoms with van der Waals surface area (Å²) < 4.78 is 0. The van der Waals surface area contributed by atoms with E-state index in [1.807, 2.05) is 6.07 Å². The van der Waals surface area contributed by atoms with Gasteiger partial charge in [0.1, 0.15) is 0 Å². The number of hydrogen-bond donors (Lipinski definition) is 2. The number of rotatable bonds is 6. The number of aliphatic hydroxyl groups excluding tert-OH is 1. The van der Waals surface area contributed by atoms with Crippen molar-refractivity contribution in [2.75, 3.05) is 6.61 Å². The van der Waals surface area contributed by atoms with Gasteiger partial charge in [-0.05, 0) is 31.4 Å². The molecule has 1 amide bonds. The summed E-state index contributed by atoms with van der Waals surface area (Å²) in [4.78, 5) is 14.0. The number of aryl methyl sites for hydroxylation is 2. The van der Waals surface area contributed by atoms with Crippen LogP contribution < -0.4 is 5.32 Å². The largest absolute Gasteiger partial charge is 0.394 e. The van der Waals surface area contributed by atoms with E-state index in [-0.39, 0.29) is 18.6 Å². The Morgan fingerprint density at radius 1 is 1.53 bits per heavy atom. The van der Waals surface area contributed by atoms with Crippen LogP contribution in [0.4, 0.5) is 0 Å². The van der Waals surface area contributed by atoms with Crippen LogP contribution in [0.3, 0.4) is 0 Å². The fraction of sp³-hybridized carbons (Fsp3) is 0.615. The molecule has 2 N–H and O–H groups in total. The SMILES string of the molecule is CCCc1sc(C(=O)NC(C)CO)cc1CC. The first-order valence-corrected chi connectivity index (χ1v) is 6.97. The zero-order valence-electron chi connectivity index (χ0n) is 10.7. The van der Waals surface area contributed by atoms with Gasteiger partial charge in [0, 0.05) is 10.9 Å². The van der Waals surface area contributed by atoms with E-state index in [0.29, 0.717) is 0 Å². The molecule has 3 nitrogen and oxygen atoms in total. The van der Waals surface area contributed by atoms with E-state index in [1.165, 1.54) is 10.4 Å². The average molecular weight is 255 g/mol. The van der Waals surface area contributed by atoms with E-state index in [2.05, 4.69) is 19.2 Å². The third-order valence-electron chi connectivity index (χ3n) is 2.63. The molecule has 0 spiro atoms. The van der Waals surface area contributed by atoms with Crippen LogP contribution in [0.15, 0.2) is 6.07 Å². The van der Waals surface area contributed by atoms with Gasteiger partial charge in [0.2, 0.25) is 0 Å². The van der Waals surface area contributed by atoms with Gasteiger partial charge >= 0.3 is 0 Å². The van der Waals surface area contributed by atoms with Crippen LogP contribution >= 0.6 is 11.3 Å². The summed E-state index contributed by atoms with van der Waals surface area (Å²) in [6.45, 7) is 6.02. The molecule has 0 saturated heterocycles. The van der Waals surface area contributed by atoms with Crippen molar-refractivity contribution in [2.24, 2.45) is 0 Å². The summed E-state index contributed by atoms with van der Waals surface area (Å²) in [6.07, 6.45) is 3.10. The van der Waals surface area contributed by atoms with Gasteiger partial charge < -0.3 is 10.4 Å². The molecule has 1 aromatic heterocycles. The predicted octanol–water partition coefficient (Wildman–Crippen LogP) is 2.37. The minimum atomic E-state index is -0.190. The average Bonchev–Trinajstić information content (AvgIpc) is 2.72. The smallest absolute Gasteiger partial charge is 0.261 e. The van der Waals surface area contributed by atoms with Gasteiger partial charge in [0.05, 0.1) is 11.5 Å². The fourth-order valence-electron chi connectivity index (χ4n) is 1.66. The molecular formula is C13H21NO2S. The van der Waals surface area contributed by atoms with E-state index in [0.717, 1.165) is 24.1 Å². The van der Waals surface area contributed by atoms with Crippen molar-refractivity contribution in [3.05, 3.63) is 21.4 Å². The lowest BCUT2D eigenvalue weighted by molar-refractivity contribution is 0.0926. The number of aliphatic hydroxyl groups is 1. The Bertz CT molecular complexity index is 373. The van der Waals surface area contributed by atoms with Crippen molar-refractivity contribution in [1.82, 2.24) is 5.32 Å². The van der Waals surface area contributed by atoms with Gasteiger partial charge in [-0.2, -0.15) is 0 Å². The van der Waals surface area contributed by atoms with E-state index in [4.69, 9.17) is 5.11 Å². The summed E-state index contributed by atoms with van der Waals surface area (Å²) in [6, 6.07) is 1.79. The van der Waals surface area contributed by atoms with E-state index in [9.17, 15) is 4.79 Å². The lowest BCUT2D eigenvalue weighted by Crippen LogP contribution is -2.34. The maximum atomic E-state index is 11.9. The van der Waals surface area contributed by atoms with Crippen LogP contribution in [-0.4, -0.2) is 23.7 Å². The first-order chi connectivity index (χ1) is 8.12. The minimum Gasteiger partial charge on any atom is -0.394 e. The molecular weight excluding hydrogens is 234 g/mol. The maximum absolute atomic E-state index is 11.9. The summed E-state index contributed by atoms with van der Waals surface area (Å²) in [5, 5.41) is 11.7. The number of nitrogens with one attached hydrogen (secondary N) is 1. The van der Waals surface area contributed by atoms with Crippen molar-refractivity contribution in [3.63, 3.8) is 0 Å². The predicted molar refractivity (Wildman–Crippen MR) is 71.7 cm³/mol. The standard InChI is InChI=1S/C13H21NO2S/c1-4-6-11-10(5-2)7-12(17-11)13(16)14-9(3)8-15/h7,9,15H,4-6,8H2,1-3H3,(H,14,16). The molecule has 0 saturated carbocycles. The van der Waals surface area contributed by atoms with Crippen LogP contribution in [0, 0.1) is 0 Å². The van der Waals surface area contributed by atoms with Crippen molar-refractivity contribution in [1.29, 1.82) is 0 Å². The lowest BCUT2D eigenvalue weighted by atomic mass is 10.1. The second-order valence-corrected chi connectivity index (χ2v) is 5.36. The molecule has 0 aliphatic carbocycles. The van der Waals surface area contributed by atoms with Crippen molar-refractivity contribution < 1.29 is 9.90 Å². The normalized spacial score (nSPS) is 12.5. The van der Waals surface area contributed by atoms with E-state index in [1.54, 1.807) is 18.3 Å². The molecule has 1 aromatic rings. The number of amides is 1. The molecule has 4 heteroatoms. The molecule has 96 valence electrons. The van der Waals surface area contributed by atoms with Crippen molar-refractivity contribution in [2.45, 2.75) is 46.1 Å². The second-order valence-electron chi connectivity index (χ2n) is 4.22. The summed E-state index contributed by atoms with van der Waals surface area (Å²) in [7, 11) is 0. The summed E-state index contributed by atoms with van der Waals surface area (Å²) in [5.74, 6) is -0.0754. The number of carbonyl (C=O) groups excluding carboxylic acids is 1. The zero-order valence-corrected chi connectivity index (χ0v) is 11.6. The highest BCUT2D eigenvalue weighted by molar-refractivity contribution is 7.14. The molecule has 1 atom stereocenters. The third kappa shape index (κ3) is 3.82. The third-order valence-corrected chi connectivity index (χ3v) is 3.87. The molecule has 1 rings (SSSR count). The Morgan fingerprint density at radius 3 is 2.76 bits per heavy atom. The minimum absolute atomic E-state index is 0.0282. The number of hydrogen-bond acceptors (Lipinski definition) is 3. The van der Waals surface area contributed by atoms with Gasteiger partial charge in [-0.15, -0.1) is 11.3 Å². The van der Waals surface area contributed by atoms with Gasteiger partial charge in [-0.25, -0.2) is 0 Å². The Kier molecular flexibility index (Phi) is 5.65. The molecule has 0 aliphatic rings. The van der Waals surface area contributed by atoms with Gasteiger partial charge in [-0.1, -0.05) is 20.3 Å². The molecule has 0 radical (unpaired) electrons.